The van der Waals surface area contributed by atoms with Crippen molar-refractivity contribution in [2.75, 3.05) is 11.9 Å². The van der Waals surface area contributed by atoms with Crippen LogP contribution in [0.3, 0.4) is 0 Å². The first-order chi connectivity index (χ1) is 12.5. The van der Waals surface area contributed by atoms with E-state index in [1.54, 1.807) is 24.2 Å². The quantitative estimate of drug-likeness (QED) is 0.747. The van der Waals surface area contributed by atoms with Crippen LogP contribution >= 0.6 is 0 Å². The molecule has 6 heteroatoms. The zero-order valence-corrected chi connectivity index (χ0v) is 14.8. The van der Waals surface area contributed by atoms with Crippen LogP contribution in [0, 0.1) is 6.92 Å². The fourth-order valence-corrected chi connectivity index (χ4v) is 3.51. The topological polar surface area (TPSA) is 78.1 Å². The van der Waals surface area contributed by atoms with E-state index in [4.69, 9.17) is 0 Å². The van der Waals surface area contributed by atoms with Crippen molar-refractivity contribution in [3.05, 3.63) is 59.0 Å². The van der Waals surface area contributed by atoms with E-state index in [2.05, 4.69) is 15.3 Å². The molecule has 3 aromatic rings. The van der Waals surface area contributed by atoms with Crippen LogP contribution in [0.1, 0.15) is 34.1 Å². The summed E-state index contributed by atoms with van der Waals surface area (Å²) in [4.78, 5) is 33.6. The molecule has 2 N–H and O–H groups in total. The van der Waals surface area contributed by atoms with E-state index in [1.165, 1.54) is 0 Å². The van der Waals surface area contributed by atoms with E-state index in [9.17, 15) is 9.59 Å². The third-order valence-electron chi connectivity index (χ3n) is 4.84. The standard InChI is InChI=1S/C20H20N4O2/c1-12-7-14-8-16(3-4-19(14)22-12)23-20(26)18-10-21-9-15-11-24(13(2)25)6-5-17(15)18/h3-4,7-10,22H,5-6,11H2,1-2H3,(H,23,26). The molecule has 3 heterocycles. The first kappa shape index (κ1) is 16.3. The monoisotopic (exact) mass is 348 g/mol. The predicted octanol–water partition coefficient (Wildman–Crippen LogP) is 3.03. The molecule has 6 nitrogen and oxygen atoms in total. The van der Waals surface area contributed by atoms with E-state index in [1.807, 2.05) is 31.2 Å². The first-order valence-electron chi connectivity index (χ1n) is 8.63. The number of nitrogens with one attached hydrogen (secondary N) is 2. The van der Waals surface area contributed by atoms with Crippen molar-refractivity contribution in [3.8, 4) is 0 Å². The number of fused-ring (bicyclic) bond motifs is 2. The van der Waals surface area contributed by atoms with Crippen LogP contribution < -0.4 is 5.32 Å². The molecule has 1 aromatic carbocycles. The second-order valence-corrected chi connectivity index (χ2v) is 6.72. The highest BCUT2D eigenvalue weighted by Gasteiger charge is 2.23. The number of aryl methyl sites for hydroxylation is 1. The summed E-state index contributed by atoms with van der Waals surface area (Å²) >= 11 is 0. The summed E-state index contributed by atoms with van der Waals surface area (Å²) in [5, 5.41) is 4.03. The first-order valence-corrected chi connectivity index (χ1v) is 8.63. The van der Waals surface area contributed by atoms with Crippen molar-refractivity contribution in [2.24, 2.45) is 0 Å². The Morgan fingerprint density at radius 1 is 1.23 bits per heavy atom. The lowest BCUT2D eigenvalue weighted by Gasteiger charge is -2.28. The lowest BCUT2D eigenvalue weighted by atomic mass is 9.96. The molecular formula is C20H20N4O2. The summed E-state index contributed by atoms with van der Waals surface area (Å²) in [6.07, 6.45) is 4.02. The molecule has 0 spiro atoms. The maximum Gasteiger partial charge on any atom is 0.257 e. The number of carbonyl (C=O) groups excluding carboxylic acids is 2. The molecule has 0 radical (unpaired) electrons. The number of nitrogens with zero attached hydrogens (tertiary/aromatic N) is 2. The van der Waals surface area contributed by atoms with Crippen LogP contribution in [0.2, 0.25) is 0 Å². The van der Waals surface area contributed by atoms with Gasteiger partial charge in [0.05, 0.1) is 5.56 Å². The van der Waals surface area contributed by atoms with Crippen LogP contribution in [0.15, 0.2) is 36.7 Å². The van der Waals surface area contributed by atoms with Gasteiger partial charge < -0.3 is 15.2 Å². The Bertz CT molecular complexity index is 1020. The van der Waals surface area contributed by atoms with E-state index >= 15 is 0 Å². The molecule has 1 aliphatic heterocycles. The molecule has 2 amide bonds. The number of pyridine rings is 1. The van der Waals surface area contributed by atoms with Crippen LogP contribution in [-0.4, -0.2) is 33.2 Å². The van der Waals surface area contributed by atoms with Gasteiger partial charge in [-0.1, -0.05) is 0 Å². The number of hydrogen-bond acceptors (Lipinski definition) is 3. The summed E-state index contributed by atoms with van der Waals surface area (Å²) in [7, 11) is 0. The number of aromatic nitrogens is 2. The maximum absolute atomic E-state index is 12.8. The number of H-pyrrole nitrogens is 1. The molecular weight excluding hydrogens is 328 g/mol. The summed E-state index contributed by atoms with van der Waals surface area (Å²) in [6, 6.07) is 7.85. The van der Waals surface area contributed by atoms with Gasteiger partial charge in [0.25, 0.3) is 5.91 Å². The highest BCUT2D eigenvalue weighted by molar-refractivity contribution is 6.06. The third kappa shape index (κ3) is 2.94. The smallest absolute Gasteiger partial charge is 0.257 e. The van der Waals surface area contributed by atoms with Gasteiger partial charge in [0.2, 0.25) is 5.91 Å². The van der Waals surface area contributed by atoms with Gasteiger partial charge in [-0.2, -0.15) is 0 Å². The van der Waals surface area contributed by atoms with Crippen molar-refractivity contribution < 1.29 is 9.59 Å². The highest BCUT2D eigenvalue weighted by Crippen LogP contribution is 2.24. The Kier molecular flexibility index (Phi) is 3.95. The number of benzene rings is 1. The van der Waals surface area contributed by atoms with Crippen molar-refractivity contribution in [3.63, 3.8) is 0 Å². The van der Waals surface area contributed by atoms with Gasteiger partial charge >= 0.3 is 0 Å². The van der Waals surface area contributed by atoms with Gasteiger partial charge in [-0.15, -0.1) is 0 Å². The molecule has 0 atom stereocenters. The van der Waals surface area contributed by atoms with Crippen molar-refractivity contribution in [1.29, 1.82) is 0 Å². The molecule has 0 saturated carbocycles. The molecule has 2 aromatic heterocycles. The Labute approximate surface area is 151 Å². The van der Waals surface area contributed by atoms with Crippen molar-refractivity contribution >= 4 is 28.4 Å². The van der Waals surface area contributed by atoms with Crippen LogP contribution in [0.5, 0.6) is 0 Å². The van der Waals surface area contributed by atoms with E-state index in [-0.39, 0.29) is 11.8 Å². The van der Waals surface area contributed by atoms with Crippen molar-refractivity contribution in [1.82, 2.24) is 14.9 Å². The van der Waals surface area contributed by atoms with Gasteiger partial charge in [-0.05, 0) is 48.7 Å². The Morgan fingerprint density at radius 2 is 2.08 bits per heavy atom. The Balaban J connectivity index is 1.60. The number of aromatic amines is 1. The average Bonchev–Trinajstić information content (AvgIpc) is 2.99. The normalized spacial score (nSPS) is 13.5. The molecule has 0 fully saturated rings. The van der Waals surface area contributed by atoms with Gasteiger partial charge in [0.1, 0.15) is 0 Å². The van der Waals surface area contributed by atoms with Crippen molar-refractivity contribution in [2.45, 2.75) is 26.8 Å². The molecule has 132 valence electrons. The maximum atomic E-state index is 12.8. The molecule has 0 bridgehead atoms. The summed E-state index contributed by atoms with van der Waals surface area (Å²) in [6.45, 7) is 4.70. The van der Waals surface area contributed by atoms with E-state index in [0.29, 0.717) is 25.1 Å². The number of anilines is 1. The van der Waals surface area contributed by atoms with Gasteiger partial charge in [0.15, 0.2) is 0 Å². The summed E-state index contributed by atoms with van der Waals surface area (Å²) in [5.41, 5.74) is 5.38. The fourth-order valence-electron chi connectivity index (χ4n) is 3.51. The molecule has 4 rings (SSSR count). The number of carbonyl (C=O) groups is 2. The Morgan fingerprint density at radius 3 is 2.88 bits per heavy atom. The number of amides is 2. The fraction of sp³-hybridized carbons (Fsp3) is 0.250. The molecule has 1 aliphatic rings. The van der Waals surface area contributed by atoms with Crippen LogP contribution in [0.4, 0.5) is 5.69 Å². The SMILES string of the molecule is CC(=O)N1CCc2c(cncc2C(=O)Nc2ccc3[nH]c(C)cc3c2)C1. The molecule has 0 saturated heterocycles. The van der Waals surface area contributed by atoms with E-state index in [0.717, 1.165) is 33.4 Å². The largest absolute Gasteiger partial charge is 0.359 e. The average molecular weight is 348 g/mol. The zero-order valence-electron chi connectivity index (χ0n) is 14.8. The lowest BCUT2D eigenvalue weighted by molar-refractivity contribution is -0.129. The highest BCUT2D eigenvalue weighted by atomic mass is 16.2. The summed E-state index contributed by atoms with van der Waals surface area (Å²) < 4.78 is 0. The minimum Gasteiger partial charge on any atom is -0.359 e. The second kappa shape index (κ2) is 6.29. The second-order valence-electron chi connectivity index (χ2n) is 6.72. The molecule has 0 unspecified atom stereocenters. The zero-order chi connectivity index (χ0) is 18.3. The van der Waals surface area contributed by atoms with Gasteiger partial charge in [0, 0.05) is 54.7 Å². The number of rotatable bonds is 2. The minimum atomic E-state index is -0.169. The van der Waals surface area contributed by atoms with Crippen LogP contribution in [0.25, 0.3) is 10.9 Å². The van der Waals surface area contributed by atoms with Gasteiger partial charge in [-0.25, -0.2) is 0 Å². The minimum absolute atomic E-state index is 0.0422. The number of hydrogen-bond donors (Lipinski definition) is 2. The van der Waals surface area contributed by atoms with E-state index < -0.39 is 0 Å². The third-order valence-corrected chi connectivity index (χ3v) is 4.84. The molecule has 0 aliphatic carbocycles. The Hall–Kier alpha value is -3.15. The van der Waals surface area contributed by atoms with Gasteiger partial charge in [-0.3, -0.25) is 14.6 Å². The summed E-state index contributed by atoms with van der Waals surface area (Å²) in [5.74, 6) is -0.127. The molecule has 26 heavy (non-hydrogen) atoms. The van der Waals surface area contributed by atoms with Crippen LogP contribution in [-0.2, 0) is 17.8 Å². The predicted molar refractivity (Wildman–Crippen MR) is 100 cm³/mol. The lowest BCUT2D eigenvalue weighted by Crippen LogP contribution is -2.35.